The number of aliphatic carboxylic acids is 1. The van der Waals surface area contributed by atoms with Crippen LogP contribution in [0.15, 0.2) is 24.3 Å². The number of methoxy groups -OCH3 is 1. The highest BCUT2D eigenvalue weighted by molar-refractivity contribution is 5.92. The summed E-state index contributed by atoms with van der Waals surface area (Å²) in [5.41, 5.74) is 0.527. The predicted molar refractivity (Wildman–Crippen MR) is 62.2 cm³/mol. The first-order valence-corrected chi connectivity index (χ1v) is 4.97. The molecule has 1 aromatic carbocycles. The molecule has 1 atom stereocenters. The molecule has 1 rings (SSSR count). The molecule has 0 spiro atoms. The van der Waals surface area contributed by atoms with Crippen LogP contribution in [0.25, 0.3) is 0 Å². The summed E-state index contributed by atoms with van der Waals surface area (Å²) in [6, 6.07) is 5.24. The third-order valence-electron chi connectivity index (χ3n) is 2.05. The highest BCUT2D eigenvalue weighted by Crippen LogP contribution is 2.16. The number of hydrogen-bond acceptors (Lipinski definition) is 3. The molecule has 1 aromatic rings. The van der Waals surface area contributed by atoms with Crippen molar-refractivity contribution >= 4 is 17.7 Å². The quantitative estimate of drug-likeness (QED) is 0.737. The van der Waals surface area contributed by atoms with E-state index in [1.807, 2.05) is 0 Å². The molecule has 17 heavy (non-hydrogen) atoms. The molecule has 0 unspecified atom stereocenters. The summed E-state index contributed by atoms with van der Waals surface area (Å²) < 4.78 is 4.99. The molecule has 6 heteroatoms. The van der Waals surface area contributed by atoms with Gasteiger partial charge in [-0.3, -0.25) is 4.79 Å². The highest BCUT2D eigenvalue weighted by atomic mass is 16.5. The van der Waals surface area contributed by atoms with Crippen molar-refractivity contribution in [2.45, 2.75) is 13.0 Å². The molecule has 3 N–H and O–H groups in total. The second-order valence-electron chi connectivity index (χ2n) is 3.39. The zero-order valence-corrected chi connectivity index (χ0v) is 9.56. The molecule has 6 nitrogen and oxygen atoms in total. The normalized spacial score (nSPS) is 11.4. The van der Waals surface area contributed by atoms with E-state index < -0.39 is 18.0 Å². The molecule has 0 radical (unpaired) electrons. The van der Waals surface area contributed by atoms with Crippen LogP contribution in [-0.2, 0) is 4.79 Å². The number of carboxylic acid groups (broad SMARTS) is 1. The molecule has 2 amide bonds. The number of benzene rings is 1. The summed E-state index contributed by atoms with van der Waals surface area (Å²) in [4.78, 5) is 21.9. The summed E-state index contributed by atoms with van der Waals surface area (Å²) in [5, 5.41) is 13.4. The number of carboxylic acids is 1. The fourth-order valence-electron chi connectivity index (χ4n) is 1.13. The number of urea groups is 1. The topological polar surface area (TPSA) is 87.7 Å². The van der Waals surface area contributed by atoms with Crippen LogP contribution < -0.4 is 15.4 Å². The van der Waals surface area contributed by atoms with E-state index in [9.17, 15) is 9.59 Å². The lowest BCUT2D eigenvalue weighted by Crippen LogP contribution is -2.40. The molecule has 0 saturated heterocycles. The van der Waals surface area contributed by atoms with E-state index in [0.717, 1.165) is 0 Å². The van der Waals surface area contributed by atoms with Crippen molar-refractivity contribution in [2.75, 3.05) is 12.4 Å². The molecule has 0 fully saturated rings. The van der Waals surface area contributed by atoms with Gasteiger partial charge in [0.05, 0.1) is 7.11 Å². The van der Waals surface area contributed by atoms with Gasteiger partial charge >= 0.3 is 12.0 Å². The Hall–Kier alpha value is -2.24. The van der Waals surface area contributed by atoms with Crippen molar-refractivity contribution in [3.63, 3.8) is 0 Å². The third kappa shape index (κ3) is 4.02. The molecule has 0 aliphatic rings. The smallest absolute Gasteiger partial charge is 0.325 e. The summed E-state index contributed by atoms with van der Waals surface area (Å²) in [5.74, 6) is -0.486. The Bertz CT molecular complexity index is 420. The average molecular weight is 238 g/mol. The minimum atomic E-state index is -1.09. The largest absolute Gasteiger partial charge is 0.497 e. The zero-order chi connectivity index (χ0) is 12.8. The maximum Gasteiger partial charge on any atom is 0.325 e. The van der Waals surface area contributed by atoms with Crippen molar-refractivity contribution < 1.29 is 19.4 Å². The van der Waals surface area contributed by atoms with Crippen molar-refractivity contribution in [2.24, 2.45) is 0 Å². The van der Waals surface area contributed by atoms with Gasteiger partial charge in [-0.1, -0.05) is 6.07 Å². The fourth-order valence-corrected chi connectivity index (χ4v) is 1.13. The molecule has 0 bridgehead atoms. The Balaban J connectivity index is 2.58. The monoisotopic (exact) mass is 238 g/mol. The van der Waals surface area contributed by atoms with Crippen LogP contribution >= 0.6 is 0 Å². The molecule has 92 valence electrons. The van der Waals surface area contributed by atoms with E-state index in [0.29, 0.717) is 11.4 Å². The van der Waals surface area contributed by atoms with Crippen molar-refractivity contribution in [1.82, 2.24) is 5.32 Å². The predicted octanol–water partition coefficient (Wildman–Crippen LogP) is 1.29. The van der Waals surface area contributed by atoms with E-state index in [2.05, 4.69) is 10.6 Å². The number of nitrogens with one attached hydrogen (secondary N) is 2. The van der Waals surface area contributed by atoms with E-state index in [1.54, 1.807) is 24.3 Å². The molecule has 0 aromatic heterocycles. The van der Waals surface area contributed by atoms with Crippen LogP contribution in [-0.4, -0.2) is 30.3 Å². The molecular weight excluding hydrogens is 224 g/mol. The molecule has 0 heterocycles. The first kappa shape index (κ1) is 12.8. The number of carbonyl (C=O) groups is 2. The summed E-state index contributed by atoms with van der Waals surface area (Å²) in [7, 11) is 1.52. The van der Waals surface area contributed by atoms with E-state index in [1.165, 1.54) is 14.0 Å². The number of anilines is 1. The lowest BCUT2D eigenvalue weighted by Gasteiger charge is -2.11. The fraction of sp³-hybridized carbons (Fsp3) is 0.273. The van der Waals surface area contributed by atoms with Crippen LogP contribution in [0.4, 0.5) is 10.5 Å². The van der Waals surface area contributed by atoms with Gasteiger partial charge in [-0.05, 0) is 19.1 Å². The summed E-state index contributed by atoms with van der Waals surface area (Å²) in [6.45, 7) is 1.38. The van der Waals surface area contributed by atoms with Crippen molar-refractivity contribution in [1.29, 1.82) is 0 Å². The van der Waals surface area contributed by atoms with Gasteiger partial charge < -0.3 is 20.5 Å². The van der Waals surface area contributed by atoms with E-state index >= 15 is 0 Å². The minimum absolute atomic E-state index is 0.527. The Kier molecular flexibility index (Phi) is 4.33. The lowest BCUT2D eigenvalue weighted by atomic mass is 10.3. The number of carbonyl (C=O) groups excluding carboxylic acids is 1. The molecular formula is C11H14N2O4. The maximum absolute atomic E-state index is 11.4. The minimum Gasteiger partial charge on any atom is -0.497 e. The Morgan fingerprint density at radius 3 is 2.71 bits per heavy atom. The average Bonchev–Trinajstić information content (AvgIpc) is 2.28. The second-order valence-corrected chi connectivity index (χ2v) is 3.39. The first-order chi connectivity index (χ1) is 8.02. The van der Waals surface area contributed by atoms with Crippen LogP contribution in [0.3, 0.4) is 0 Å². The van der Waals surface area contributed by atoms with Gasteiger partial charge in [-0.2, -0.15) is 0 Å². The summed E-state index contributed by atoms with van der Waals surface area (Å²) >= 11 is 0. The third-order valence-corrected chi connectivity index (χ3v) is 2.05. The van der Waals surface area contributed by atoms with Gasteiger partial charge in [0.1, 0.15) is 11.8 Å². The van der Waals surface area contributed by atoms with Crippen molar-refractivity contribution in [3.8, 4) is 5.75 Å². The summed E-state index contributed by atoms with van der Waals surface area (Å²) in [6.07, 6.45) is 0. The number of ether oxygens (including phenoxy) is 1. The second kappa shape index (κ2) is 5.74. The van der Waals surface area contributed by atoms with Gasteiger partial charge in [0, 0.05) is 11.8 Å². The Labute approximate surface area is 98.6 Å². The Morgan fingerprint density at radius 1 is 1.41 bits per heavy atom. The molecule has 0 saturated carbocycles. The number of hydrogen-bond donors (Lipinski definition) is 3. The van der Waals surface area contributed by atoms with Gasteiger partial charge in [0.15, 0.2) is 0 Å². The highest BCUT2D eigenvalue weighted by Gasteiger charge is 2.13. The van der Waals surface area contributed by atoms with Crippen LogP contribution in [0.5, 0.6) is 5.75 Å². The van der Waals surface area contributed by atoms with Gasteiger partial charge in [-0.25, -0.2) is 4.79 Å². The van der Waals surface area contributed by atoms with Gasteiger partial charge in [0.2, 0.25) is 0 Å². The van der Waals surface area contributed by atoms with Crippen LogP contribution in [0.2, 0.25) is 0 Å². The number of rotatable bonds is 4. The van der Waals surface area contributed by atoms with E-state index in [4.69, 9.17) is 9.84 Å². The standard InChI is InChI=1S/C11H14N2O4/c1-7(10(14)15)12-11(16)13-8-4-3-5-9(6-8)17-2/h3-7H,1-2H3,(H,14,15)(H2,12,13,16)/t7-/m0/s1. The first-order valence-electron chi connectivity index (χ1n) is 4.97. The SMILES string of the molecule is COc1cccc(NC(=O)N[C@@H](C)C(=O)O)c1. The number of amides is 2. The van der Waals surface area contributed by atoms with Crippen LogP contribution in [0, 0.1) is 0 Å². The molecule has 0 aliphatic carbocycles. The Morgan fingerprint density at radius 2 is 2.12 bits per heavy atom. The van der Waals surface area contributed by atoms with Gasteiger partial charge in [0.25, 0.3) is 0 Å². The van der Waals surface area contributed by atoms with Crippen molar-refractivity contribution in [3.05, 3.63) is 24.3 Å². The maximum atomic E-state index is 11.4. The zero-order valence-electron chi connectivity index (χ0n) is 9.56. The molecule has 0 aliphatic heterocycles. The van der Waals surface area contributed by atoms with E-state index in [-0.39, 0.29) is 0 Å². The van der Waals surface area contributed by atoms with Crippen LogP contribution in [0.1, 0.15) is 6.92 Å². The lowest BCUT2D eigenvalue weighted by molar-refractivity contribution is -0.138. The van der Waals surface area contributed by atoms with Gasteiger partial charge in [-0.15, -0.1) is 0 Å².